The van der Waals surface area contributed by atoms with Gasteiger partial charge in [-0.05, 0) is 105 Å². The molecule has 0 aromatic heterocycles. The third kappa shape index (κ3) is 27.8. The lowest BCUT2D eigenvalue weighted by Gasteiger charge is -2.34. The van der Waals surface area contributed by atoms with E-state index < -0.39 is 156 Å². The summed E-state index contributed by atoms with van der Waals surface area (Å²) in [6, 6.07) is -2.53. The zero-order valence-electron chi connectivity index (χ0n) is 47.4. The number of amides is 6. The fourth-order valence-electron chi connectivity index (χ4n) is 7.42. The van der Waals surface area contributed by atoms with Crippen molar-refractivity contribution in [3.8, 4) is 0 Å². The molecule has 0 aliphatic heterocycles. The molecule has 6 amide bonds. The zero-order valence-corrected chi connectivity index (χ0v) is 47.4. The van der Waals surface area contributed by atoms with Crippen molar-refractivity contribution in [3.63, 3.8) is 0 Å². The predicted octanol–water partition coefficient (Wildman–Crippen LogP) is 5.09. The summed E-state index contributed by atoms with van der Waals surface area (Å²) < 4.78 is 67.2. The molecule has 432 valence electrons. The Morgan fingerprint density at radius 2 is 1.00 bits per heavy atom. The fraction of sp³-hybridized carbons (Fsp3) is 0.717. The Bertz CT molecular complexity index is 2140. The van der Waals surface area contributed by atoms with Gasteiger partial charge in [-0.15, -0.1) is 0 Å². The highest BCUT2D eigenvalue weighted by Crippen LogP contribution is 2.25. The van der Waals surface area contributed by atoms with Crippen molar-refractivity contribution in [2.45, 2.75) is 221 Å². The van der Waals surface area contributed by atoms with E-state index in [9.17, 15) is 56.3 Å². The maximum absolute atomic E-state index is 14.7. The molecule has 6 N–H and O–H groups in total. The van der Waals surface area contributed by atoms with E-state index in [-0.39, 0.29) is 25.2 Å². The molecule has 1 rings (SSSR count). The van der Waals surface area contributed by atoms with Gasteiger partial charge in [0.1, 0.15) is 47.0 Å². The molecule has 0 unspecified atom stereocenters. The molecule has 20 nitrogen and oxygen atoms in total. The van der Waals surface area contributed by atoms with Gasteiger partial charge in [0.15, 0.2) is 6.29 Å². The van der Waals surface area contributed by atoms with Crippen LogP contribution in [-0.2, 0) is 73.3 Å². The summed E-state index contributed by atoms with van der Waals surface area (Å²) >= 11 is 0. The molecule has 0 aliphatic carbocycles. The maximum atomic E-state index is 14.7. The Labute approximate surface area is 445 Å². The third-order valence-corrected chi connectivity index (χ3v) is 10.8. The highest BCUT2D eigenvalue weighted by atomic mass is 19.4. The minimum atomic E-state index is -4.74. The SMILES string of the molecule is COC(OC)[C@H](CC(F)(F)F)NC(=O)[C@H](CC(C)C)NC(=O)[C@@H](NC(=O)[C@H](Cc1ccccc1C)NC(=O)[C@H](CCC(=O)OC(C)(C)C)NC(=O)[C@H](CC(=O)OC(C)(C)C)NC(=O)CCC(=O)OC(C)(C)C)C(C)(C)C. The minimum Gasteiger partial charge on any atom is -0.460 e. The molecule has 76 heavy (non-hydrogen) atoms. The number of methoxy groups -OCH3 is 2. The summed E-state index contributed by atoms with van der Waals surface area (Å²) in [4.78, 5) is 123. The second-order valence-corrected chi connectivity index (χ2v) is 23.1. The van der Waals surface area contributed by atoms with Crippen LogP contribution in [0, 0.1) is 18.3 Å². The summed E-state index contributed by atoms with van der Waals surface area (Å²) in [6.07, 6.45) is -10.4. The first kappa shape index (κ1) is 68.2. The van der Waals surface area contributed by atoms with Crippen LogP contribution < -0.4 is 31.9 Å². The van der Waals surface area contributed by atoms with Gasteiger partial charge in [0.05, 0.1) is 25.3 Å². The Kier molecular flexibility index (Phi) is 26.6. The lowest BCUT2D eigenvalue weighted by atomic mass is 9.85. The van der Waals surface area contributed by atoms with Gasteiger partial charge in [0, 0.05) is 33.5 Å². The first-order chi connectivity index (χ1) is 34.6. The second kappa shape index (κ2) is 29.6. The quantitative estimate of drug-likeness (QED) is 0.0381. The number of nitrogens with one attached hydrogen (secondary N) is 6. The number of hydrogen-bond acceptors (Lipinski definition) is 14. The van der Waals surface area contributed by atoms with Gasteiger partial charge in [-0.25, -0.2) is 0 Å². The van der Waals surface area contributed by atoms with Crippen LogP contribution in [-0.4, -0.2) is 133 Å². The molecule has 0 radical (unpaired) electrons. The molecule has 0 saturated heterocycles. The van der Waals surface area contributed by atoms with E-state index in [0.717, 1.165) is 14.2 Å². The molecule has 23 heteroatoms. The fourth-order valence-corrected chi connectivity index (χ4v) is 7.42. The van der Waals surface area contributed by atoms with Crippen LogP contribution >= 0.6 is 0 Å². The number of hydrogen-bond donors (Lipinski definition) is 6. The largest absolute Gasteiger partial charge is 0.460 e. The molecule has 6 atom stereocenters. The van der Waals surface area contributed by atoms with Crippen LogP contribution in [0.4, 0.5) is 13.2 Å². The summed E-state index contributed by atoms with van der Waals surface area (Å²) in [5.74, 6) is -8.34. The molecular formula is C53H85F3N6O14. The van der Waals surface area contributed by atoms with Gasteiger partial charge in [-0.2, -0.15) is 13.2 Å². The highest BCUT2D eigenvalue weighted by Gasteiger charge is 2.41. The molecule has 1 aromatic carbocycles. The molecule has 0 spiro atoms. The van der Waals surface area contributed by atoms with Crippen molar-refractivity contribution >= 4 is 53.4 Å². The monoisotopic (exact) mass is 1090 g/mol. The van der Waals surface area contributed by atoms with Gasteiger partial charge in [0.25, 0.3) is 0 Å². The normalized spacial score (nSPS) is 14.7. The Hall–Kier alpha value is -5.84. The van der Waals surface area contributed by atoms with Crippen LogP contribution in [0.5, 0.6) is 0 Å². The van der Waals surface area contributed by atoms with Gasteiger partial charge >= 0.3 is 24.1 Å². The van der Waals surface area contributed by atoms with E-state index in [1.165, 1.54) is 0 Å². The average molecular weight is 1090 g/mol. The summed E-state index contributed by atoms with van der Waals surface area (Å²) in [7, 11) is 2.21. The van der Waals surface area contributed by atoms with Crippen molar-refractivity contribution in [1.82, 2.24) is 31.9 Å². The Morgan fingerprint density at radius 3 is 1.49 bits per heavy atom. The number of rotatable bonds is 27. The third-order valence-electron chi connectivity index (χ3n) is 10.8. The van der Waals surface area contributed by atoms with Crippen LogP contribution in [0.3, 0.4) is 0 Å². The smallest absolute Gasteiger partial charge is 0.391 e. The lowest BCUT2D eigenvalue weighted by molar-refractivity contribution is -0.179. The van der Waals surface area contributed by atoms with Gasteiger partial charge in [-0.1, -0.05) is 58.9 Å². The van der Waals surface area contributed by atoms with Crippen LogP contribution in [0.1, 0.15) is 153 Å². The van der Waals surface area contributed by atoms with Gasteiger partial charge < -0.3 is 55.6 Å². The average Bonchev–Trinajstić information content (AvgIpc) is 3.23. The van der Waals surface area contributed by atoms with Crippen molar-refractivity contribution in [2.24, 2.45) is 11.3 Å². The number of esters is 3. The number of ether oxygens (including phenoxy) is 5. The topological polar surface area (TPSA) is 272 Å². The van der Waals surface area contributed by atoms with Crippen molar-refractivity contribution < 1.29 is 80.0 Å². The molecule has 0 fully saturated rings. The number of benzene rings is 1. The van der Waals surface area contributed by atoms with E-state index >= 15 is 0 Å². The summed E-state index contributed by atoms with van der Waals surface area (Å²) in [6.45, 7) is 24.6. The standard InChI is InChI=1S/C53H85F3N6O14/c1-30(2)26-34(44(68)61-37(29-53(54,55)56)48(72-16)73-17)60-47(71)42(49(4,5)6)62-46(70)35(27-32-21-19-18-20-31(32)3)59-43(67)33(22-24-39(64)74-50(7,8)9)58-45(69)36(28-41(66)76-52(13,14)15)57-38(63)23-25-40(65)75-51(10,11)12/h18-21,30,33-37,42,48H,22-29H2,1-17H3,(H,57,63)(H,58,69)(H,59,67)(H,60,71)(H,61,68)(H,62,70)/t33-,34-,35-,36-,37-,42+/m0/s1. The molecule has 0 bridgehead atoms. The second-order valence-electron chi connectivity index (χ2n) is 23.1. The molecule has 1 aromatic rings. The number of aryl methyl sites for hydroxylation is 1. The van der Waals surface area contributed by atoms with E-state index in [0.29, 0.717) is 11.1 Å². The summed E-state index contributed by atoms with van der Waals surface area (Å²) in [5.41, 5.74) is -2.64. The van der Waals surface area contributed by atoms with Crippen molar-refractivity contribution in [1.29, 1.82) is 0 Å². The van der Waals surface area contributed by atoms with Crippen LogP contribution in [0.2, 0.25) is 0 Å². The van der Waals surface area contributed by atoms with Gasteiger partial charge in [0.2, 0.25) is 35.4 Å². The number of carbonyl (C=O) groups excluding carboxylic acids is 9. The lowest BCUT2D eigenvalue weighted by Crippen LogP contribution is -2.62. The summed E-state index contributed by atoms with van der Waals surface area (Å²) in [5, 5.41) is 15.2. The maximum Gasteiger partial charge on any atom is 0.391 e. The number of alkyl halides is 3. The molecule has 0 saturated carbocycles. The van der Waals surface area contributed by atoms with E-state index in [1.54, 1.807) is 128 Å². The predicted molar refractivity (Wildman–Crippen MR) is 274 cm³/mol. The van der Waals surface area contributed by atoms with Crippen molar-refractivity contribution in [3.05, 3.63) is 35.4 Å². The minimum absolute atomic E-state index is 0.0392. The van der Waals surface area contributed by atoms with Crippen molar-refractivity contribution in [2.75, 3.05) is 14.2 Å². The molecule has 0 heterocycles. The van der Waals surface area contributed by atoms with Gasteiger partial charge in [-0.3, -0.25) is 43.2 Å². The molecule has 0 aliphatic rings. The van der Waals surface area contributed by atoms with E-state index in [1.807, 2.05) is 0 Å². The van der Waals surface area contributed by atoms with E-state index in [2.05, 4.69) is 31.9 Å². The molecular weight excluding hydrogens is 1000 g/mol. The first-order valence-corrected chi connectivity index (χ1v) is 25.3. The van der Waals surface area contributed by atoms with Crippen LogP contribution in [0.25, 0.3) is 0 Å². The van der Waals surface area contributed by atoms with Crippen LogP contribution in [0.15, 0.2) is 24.3 Å². The van der Waals surface area contributed by atoms with E-state index in [4.69, 9.17) is 23.7 Å². The zero-order chi connectivity index (χ0) is 58.7. The Balaban J connectivity index is 3.81. The number of carbonyl (C=O) groups is 9. The first-order valence-electron chi connectivity index (χ1n) is 25.3. The Morgan fingerprint density at radius 1 is 0.539 bits per heavy atom. The highest BCUT2D eigenvalue weighted by molar-refractivity contribution is 5.98. The number of halogens is 3.